The van der Waals surface area contributed by atoms with Gasteiger partial charge < -0.3 is 0 Å². The van der Waals surface area contributed by atoms with Crippen LogP contribution in [0.25, 0.3) is 11.1 Å². The summed E-state index contributed by atoms with van der Waals surface area (Å²) >= 11 is 0. The first-order valence-electron chi connectivity index (χ1n) is 5.60. The lowest BCUT2D eigenvalue weighted by molar-refractivity contribution is 0.0988. The van der Waals surface area contributed by atoms with Gasteiger partial charge in [-0.15, -0.1) is 0 Å². The smallest absolute Gasteiger partial charge is 0.162 e. The Balaban J connectivity index is 2.47. The standard InChI is InChI=1S/C15H13FO/c1-2-15(17)12-7-5-6-11(10-12)13-8-3-4-9-14(13)16/h3-10H,2H2,1H3. The van der Waals surface area contributed by atoms with Gasteiger partial charge in [0.25, 0.3) is 0 Å². The van der Waals surface area contributed by atoms with Crippen molar-refractivity contribution in [2.75, 3.05) is 0 Å². The van der Waals surface area contributed by atoms with E-state index >= 15 is 0 Å². The molecule has 0 saturated carbocycles. The Labute approximate surface area is 99.9 Å². The fourth-order valence-corrected chi connectivity index (χ4v) is 1.76. The molecule has 0 fully saturated rings. The Morgan fingerprint density at radius 3 is 2.59 bits per heavy atom. The minimum Gasteiger partial charge on any atom is -0.294 e. The summed E-state index contributed by atoms with van der Waals surface area (Å²) < 4.78 is 13.6. The fourth-order valence-electron chi connectivity index (χ4n) is 1.76. The molecule has 86 valence electrons. The molecular formula is C15H13FO. The topological polar surface area (TPSA) is 17.1 Å². The Kier molecular flexibility index (Phi) is 3.33. The van der Waals surface area contributed by atoms with E-state index in [1.54, 1.807) is 36.4 Å². The van der Waals surface area contributed by atoms with Crippen molar-refractivity contribution in [3.63, 3.8) is 0 Å². The molecule has 0 unspecified atom stereocenters. The maximum atomic E-state index is 13.6. The number of Topliss-reactive ketones (excluding diaryl/α,β-unsaturated/α-hetero) is 1. The van der Waals surface area contributed by atoms with Crippen LogP contribution < -0.4 is 0 Å². The predicted octanol–water partition coefficient (Wildman–Crippen LogP) is 4.09. The molecule has 1 nitrogen and oxygen atoms in total. The van der Waals surface area contributed by atoms with Crippen molar-refractivity contribution in [1.82, 2.24) is 0 Å². The lowest BCUT2D eigenvalue weighted by Crippen LogP contribution is -1.96. The molecular weight excluding hydrogens is 215 g/mol. The van der Waals surface area contributed by atoms with Crippen LogP contribution in [-0.4, -0.2) is 5.78 Å². The van der Waals surface area contributed by atoms with Crippen LogP contribution in [0.2, 0.25) is 0 Å². The van der Waals surface area contributed by atoms with Crippen molar-refractivity contribution < 1.29 is 9.18 Å². The maximum Gasteiger partial charge on any atom is 0.162 e. The minimum absolute atomic E-state index is 0.0724. The van der Waals surface area contributed by atoms with Gasteiger partial charge in [-0.3, -0.25) is 4.79 Å². The maximum absolute atomic E-state index is 13.6. The quantitative estimate of drug-likeness (QED) is 0.723. The zero-order chi connectivity index (χ0) is 12.3. The third-order valence-electron chi connectivity index (χ3n) is 2.69. The molecule has 17 heavy (non-hydrogen) atoms. The molecule has 0 bridgehead atoms. The van der Waals surface area contributed by atoms with Gasteiger partial charge in [-0.1, -0.05) is 43.3 Å². The SMILES string of the molecule is CCC(=O)c1cccc(-c2ccccc2F)c1. The molecule has 2 heteroatoms. The van der Waals surface area contributed by atoms with E-state index in [0.29, 0.717) is 17.5 Å². The van der Waals surface area contributed by atoms with E-state index in [0.717, 1.165) is 5.56 Å². The summed E-state index contributed by atoms with van der Waals surface area (Å²) in [5.74, 6) is -0.197. The normalized spacial score (nSPS) is 10.2. The van der Waals surface area contributed by atoms with Gasteiger partial charge in [0.2, 0.25) is 0 Å². The van der Waals surface area contributed by atoms with Crippen LogP contribution in [0.15, 0.2) is 48.5 Å². The monoisotopic (exact) mass is 228 g/mol. The van der Waals surface area contributed by atoms with Crippen molar-refractivity contribution in [3.05, 3.63) is 59.9 Å². The van der Waals surface area contributed by atoms with Crippen LogP contribution in [0.4, 0.5) is 4.39 Å². The molecule has 0 aliphatic heterocycles. The number of benzene rings is 2. The Bertz CT molecular complexity index is 546. The number of carbonyl (C=O) groups is 1. The van der Waals surface area contributed by atoms with Crippen molar-refractivity contribution in [2.24, 2.45) is 0 Å². The van der Waals surface area contributed by atoms with Gasteiger partial charge in [-0.2, -0.15) is 0 Å². The second kappa shape index (κ2) is 4.91. The van der Waals surface area contributed by atoms with Crippen LogP contribution in [-0.2, 0) is 0 Å². The Morgan fingerprint density at radius 2 is 1.88 bits per heavy atom. The molecule has 2 aromatic rings. The third-order valence-corrected chi connectivity index (χ3v) is 2.69. The van der Waals surface area contributed by atoms with Crippen molar-refractivity contribution in [3.8, 4) is 11.1 Å². The molecule has 0 aromatic heterocycles. The highest BCUT2D eigenvalue weighted by atomic mass is 19.1. The van der Waals surface area contributed by atoms with Crippen LogP contribution in [0.5, 0.6) is 0 Å². The number of halogens is 1. The van der Waals surface area contributed by atoms with Gasteiger partial charge in [0.1, 0.15) is 5.82 Å². The van der Waals surface area contributed by atoms with E-state index in [1.165, 1.54) is 6.07 Å². The highest BCUT2D eigenvalue weighted by Crippen LogP contribution is 2.23. The molecule has 0 N–H and O–H groups in total. The number of carbonyl (C=O) groups excluding carboxylic acids is 1. The van der Waals surface area contributed by atoms with E-state index in [1.807, 2.05) is 13.0 Å². The predicted molar refractivity (Wildman–Crippen MR) is 66.5 cm³/mol. The molecule has 2 rings (SSSR count). The molecule has 0 saturated heterocycles. The first-order chi connectivity index (χ1) is 8.22. The van der Waals surface area contributed by atoms with Gasteiger partial charge in [0.05, 0.1) is 0 Å². The van der Waals surface area contributed by atoms with Crippen LogP contribution >= 0.6 is 0 Å². The Hall–Kier alpha value is -1.96. The third kappa shape index (κ3) is 2.41. The molecule has 0 atom stereocenters. The summed E-state index contributed by atoms with van der Waals surface area (Å²) in [4.78, 5) is 11.6. The van der Waals surface area contributed by atoms with E-state index in [9.17, 15) is 9.18 Å². The largest absolute Gasteiger partial charge is 0.294 e. The summed E-state index contributed by atoms with van der Waals surface area (Å²) in [5.41, 5.74) is 1.90. The zero-order valence-corrected chi connectivity index (χ0v) is 9.61. The summed E-state index contributed by atoms with van der Waals surface area (Å²) in [7, 11) is 0. The van der Waals surface area contributed by atoms with Crippen LogP contribution in [0.1, 0.15) is 23.7 Å². The lowest BCUT2D eigenvalue weighted by atomic mass is 10.0. The van der Waals surface area contributed by atoms with Crippen LogP contribution in [0, 0.1) is 5.82 Å². The van der Waals surface area contributed by atoms with E-state index in [4.69, 9.17) is 0 Å². The molecule has 0 heterocycles. The number of hydrogen-bond donors (Lipinski definition) is 0. The van der Waals surface area contributed by atoms with Gasteiger partial charge >= 0.3 is 0 Å². The first-order valence-corrected chi connectivity index (χ1v) is 5.60. The molecule has 0 aliphatic rings. The zero-order valence-electron chi connectivity index (χ0n) is 9.61. The number of rotatable bonds is 3. The highest BCUT2D eigenvalue weighted by molar-refractivity contribution is 5.97. The van der Waals surface area contributed by atoms with E-state index in [-0.39, 0.29) is 11.6 Å². The molecule has 0 amide bonds. The lowest BCUT2D eigenvalue weighted by Gasteiger charge is -2.05. The fraction of sp³-hybridized carbons (Fsp3) is 0.133. The summed E-state index contributed by atoms with van der Waals surface area (Å²) in [6.45, 7) is 1.82. The summed E-state index contributed by atoms with van der Waals surface area (Å²) in [5, 5.41) is 0. The van der Waals surface area contributed by atoms with Crippen molar-refractivity contribution in [2.45, 2.75) is 13.3 Å². The molecule has 2 aromatic carbocycles. The molecule has 0 spiro atoms. The van der Waals surface area contributed by atoms with Gasteiger partial charge in [-0.05, 0) is 17.7 Å². The first kappa shape index (κ1) is 11.5. The van der Waals surface area contributed by atoms with Crippen molar-refractivity contribution in [1.29, 1.82) is 0 Å². The molecule has 0 radical (unpaired) electrons. The second-order valence-corrected chi connectivity index (χ2v) is 3.84. The van der Waals surface area contributed by atoms with Gasteiger partial charge in [0.15, 0.2) is 5.78 Å². The molecule has 0 aliphatic carbocycles. The van der Waals surface area contributed by atoms with E-state index < -0.39 is 0 Å². The minimum atomic E-state index is -0.270. The summed E-state index contributed by atoms with van der Waals surface area (Å²) in [6, 6.07) is 13.7. The highest BCUT2D eigenvalue weighted by Gasteiger charge is 2.07. The number of hydrogen-bond acceptors (Lipinski definition) is 1. The summed E-state index contributed by atoms with van der Waals surface area (Å²) in [6.07, 6.45) is 0.459. The number of ketones is 1. The van der Waals surface area contributed by atoms with Gasteiger partial charge in [0, 0.05) is 17.5 Å². The Morgan fingerprint density at radius 1 is 1.12 bits per heavy atom. The van der Waals surface area contributed by atoms with Crippen molar-refractivity contribution >= 4 is 5.78 Å². The van der Waals surface area contributed by atoms with Gasteiger partial charge in [-0.25, -0.2) is 4.39 Å². The average molecular weight is 228 g/mol. The van der Waals surface area contributed by atoms with E-state index in [2.05, 4.69) is 0 Å². The average Bonchev–Trinajstić information content (AvgIpc) is 2.38. The van der Waals surface area contributed by atoms with Crippen LogP contribution in [0.3, 0.4) is 0 Å². The second-order valence-electron chi connectivity index (χ2n) is 3.84.